The van der Waals surface area contributed by atoms with Crippen molar-refractivity contribution in [2.75, 3.05) is 0 Å². The summed E-state index contributed by atoms with van der Waals surface area (Å²) in [7, 11) is 0. The van der Waals surface area contributed by atoms with E-state index in [4.69, 9.17) is 0 Å². The van der Waals surface area contributed by atoms with Crippen molar-refractivity contribution in [3.05, 3.63) is 78.6 Å². The van der Waals surface area contributed by atoms with Crippen molar-refractivity contribution in [1.29, 1.82) is 0 Å². The van der Waals surface area contributed by atoms with Crippen LogP contribution < -0.4 is 0 Å². The van der Waals surface area contributed by atoms with Crippen LogP contribution in [0.2, 0.25) is 0 Å². The van der Waals surface area contributed by atoms with Crippen molar-refractivity contribution in [2.24, 2.45) is 0 Å². The molecule has 0 saturated heterocycles. The summed E-state index contributed by atoms with van der Waals surface area (Å²) in [6.45, 7) is 1.98. The van der Waals surface area contributed by atoms with Crippen molar-refractivity contribution in [1.82, 2.24) is 14.6 Å². The molecule has 0 saturated carbocycles. The summed E-state index contributed by atoms with van der Waals surface area (Å²) in [5.74, 6) is 0. The Balaban J connectivity index is 0.000000231. The molecule has 0 aliphatic carbocycles. The first-order valence-electron chi connectivity index (χ1n) is 6.55. The van der Waals surface area contributed by atoms with Gasteiger partial charge in [-0.15, -0.1) is 12.1 Å². The van der Waals surface area contributed by atoms with Gasteiger partial charge in [-0.2, -0.15) is 35.4 Å². The smallest absolute Gasteiger partial charge is 0.247 e. The molecule has 0 fully saturated rings. The minimum Gasteiger partial charge on any atom is -0.247 e. The molecule has 0 aliphatic rings. The number of hydrogen-bond acceptors (Lipinski definition) is 2. The number of aromatic nitrogens is 3. The van der Waals surface area contributed by atoms with Gasteiger partial charge >= 0.3 is 17.1 Å². The van der Waals surface area contributed by atoms with Gasteiger partial charge in [0.15, 0.2) is 5.65 Å². The van der Waals surface area contributed by atoms with Crippen LogP contribution in [0.3, 0.4) is 0 Å². The third kappa shape index (κ3) is 3.48. The van der Waals surface area contributed by atoms with Crippen LogP contribution >= 0.6 is 0 Å². The van der Waals surface area contributed by atoms with Gasteiger partial charge in [0.2, 0.25) is 0 Å². The third-order valence-corrected chi connectivity index (χ3v) is 2.99. The van der Waals surface area contributed by atoms with Gasteiger partial charge in [-0.05, 0) is 18.8 Å². The van der Waals surface area contributed by atoms with Crippen LogP contribution in [0.25, 0.3) is 16.9 Å². The molecule has 0 aliphatic heterocycles. The summed E-state index contributed by atoms with van der Waals surface area (Å²) in [5, 5.41) is 4.42. The van der Waals surface area contributed by atoms with E-state index in [0.717, 1.165) is 17.0 Å². The zero-order valence-corrected chi connectivity index (χ0v) is 12.7. The maximum Gasteiger partial charge on any atom is 2.00 e. The summed E-state index contributed by atoms with van der Waals surface area (Å²) in [4.78, 5) is 4.27. The second-order valence-corrected chi connectivity index (χ2v) is 4.52. The Hall–Kier alpha value is -2.16. The Morgan fingerprint density at radius 1 is 1.10 bits per heavy atom. The van der Waals surface area contributed by atoms with Gasteiger partial charge < -0.3 is 0 Å². The minimum absolute atomic E-state index is 0. The topological polar surface area (TPSA) is 30.2 Å². The Bertz CT molecular complexity index is 750. The fourth-order valence-corrected chi connectivity index (χ4v) is 2.09. The van der Waals surface area contributed by atoms with Crippen LogP contribution in [0.4, 0.5) is 0 Å². The largest absolute Gasteiger partial charge is 2.00 e. The second kappa shape index (κ2) is 7.02. The summed E-state index contributed by atoms with van der Waals surface area (Å²) in [6.07, 6.45) is 1.82. The monoisotopic (exact) mass is 317 g/mol. The zero-order chi connectivity index (χ0) is 13.8. The molecule has 4 rings (SSSR count). The van der Waals surface area contributed by atoms with Crippen LogP contribution in [-0.2, 0) is 17.1 Å². The van der Waals surface area contributed by atoms with E-state index < -0.39 is 0 Å². The van der Waals surface area contributed by atoms with E-state index in [0.29, 0.717) is 0 Å². The van der Waals surface area contributed by atoms with Gasteiger partial charge in [-0.3, -0.25) is 0 Å². The summed E-state index contributed by atoms with van der Waals surface area (Å²) < 4.78 is 1.88. The fraction of sp³-hybridized carbons (Fsp3) is 0.0588. The molecule has 0 atom stereocenters. The molecule has 2 aromatic carbocycles. The van der Waals surface area contributed by atoms with E-state index in [9.17, 15) is 0 Å². The van der Waals surface area contributed by atoms with Crippen molar-refractivity contribution in [3.8, 4) is 11.3 Å². The molecule has 4 heteroatoms. The van der Waals surface area contributed by atoms with E-state index in [2.05, 4.69) is 22.2 Å². The Morgan fingerprint density at radius 3 is 2.43 bits per heavy atom. The first-order valence-corrected chi connectivity index (χ1v) is 6.55. The zero-order valence-electron chi connectivity index (χ0n) is 11.6. The van der Waals surface area contributed by atoms with Crippen molar-refractivity contribution in [2.45, 2.75) is 6.92 Å². The number of aryl methyl sites for hydroxylation is 1. The van der Waals surface area contributed by atoms with Crippen molar-refractivity contribution >= 4 is 5.65 Å². The van der Waals surface area contributed by atoms with E-state index >= 15 is 0 Å². The van der Waals surface area contributed by atoms with Crippen molar-refractivity contribution < 1.29 is 17.1 Å². The molecule has 0 unspecified atom stereocenters. The number of hydrogen-bond donors (Lipinski definition) is 0. The summed E-state index contributed by atoms with van der Waals surface area (Å²) in [5.41, 5.74) is 4.14. The first kappa shape index (κ1) is 15.2. The SMILES string of the molecule is Cc1cc2nccc(-[c-]3cccc3)n2n1.[Fe+2].c1cc[cH-]c1. The quantitative estimate of drug-likeness (QED) is 0.394. The standard InChI is InChI=1S/C12H10N3.C5H5.Fe/c1-9-8-12-13-7-6-11(15(12)14-9)10-4-2-3-5-10;1-2-4-5-3-1;/h2-8H,1H3;1-5H;/q2*-1;+2. The van der Waals surface area contributed by atoms with Crippen LogP contribution in [0.5, 0.6) is 0 Å². The van der Waals surface area contributed by atoms with E-state index in [1.807, 2.05) is 72.2 Å². The van der Waals surface area contributed by atoms with Gasteiger partial charge in [0.1, 0.15) is 0 Å². The average molecular weight is 317 g/mol. The minimum atomic E-state index is 0. The number of rotatable bonds is 1. The normalized spacial score (nSPS) is 9.76. The molecule has 0 amide bonds. The van der Waals surface area contributed by atoms with E-state index in [1.54, 1.807) is 0 Å². The second-order valence-electron chi connectivity index (χ2n) is 4.52. The van der Waals surface area contributed by atoms with Crippen LogP contribution in [0, 0.1) is 6.92 Å². The molecule has 21 heavy (non-hydrogen) atoms. The van der Waals surface area contributed by atoms with Gasteiger partial charge in [-0.25, -0.2) is 21.6 Å². The third-order valence-electron chi connectivity index (χ3n) is 2.99. The first-order chi connectivity index (χ1) is 9.84. The molecule has 3 nitrogen and oxygen atoms in total. The molecule has 106 valence electrons. The maximum absolute atomic E-state index is 4.42. The van der Waals surface area contributed by atoms with E-state index in [-0.39, 0.29) is 17.1 Å². The van der Waals surface area contributed by atoms with Crippen molar-refractivity contribution in [3.63, 3.8) is 0 Å². The Morgan fingerprint density at radius 2 is 1.81 bits per heavy atom. The predicted molar refractivity (Wildman–Crippen MR) is 80.8 cm³/mol. The number of fused-ring (bicyclic) bond motifs is 1. The summed E-state index contributed by atoms with van der Waals surface area (Å²) >= 11 is 0. The average Bonchev–Trinajstić information content (AvgIpc) is 3.21. The molecule has 2 heterocycles. The van der Waals surface area contributed by atoms with Gasteiger partial charge in [0.05, 0.1) is 5.69 Å². The van der Waals surface area contributed by atoms with Crippen LogP contribution in [0.1, 0.15) is 5.69 Å². The number of nitrogens with zero attached hydrogens (tertiary/aromatic N) is 3. The molecule has 0 spiro atoms. The molecular formula is C17H15FeN3. The van der Waals surface area contributed by atoms with Crippen LogP contribution in [-0.4, -0.2) is 14.6 Å². The fourth-order valence-electron chi connectivity index (χ4n) is 2.09. The molecule has 0 bridgehead atoms. The predicted octanol–water partition coefficient (Wildman–Crippen LogP) is 3.83. The van der Waals surface area contributed by atoms with Gasteiger partial charge in [-0.1, -0.05) is 11.6 Å². The van der Waals surface area contributed by atoms with E-state index in [1.165, 1.54) is 5.56 Å². The molecule has 0 radical (unpaired) electrons. The Labute approximate surface area is 134 Å². The maximum atomic E-state index is 4.42. The molecule has 0 N–H and O–H groups in total. The molecular weight excluding hydrogens is 302 g/mol. The molecule has 4 aromatic rings. The van der Waals surface area contributed by atoms with Gasteiger partial charge in [0, 0.05) is 6.07 Å². The van der Waals surface area contributed by atoms with Gasteiger partial charge in [0.25, 0.3) is 0 Å². The van der Waals surface area contributed by atoms with Crippen LogP contribution in [0.15, 0.2) is 72.9 Å². The summed E-state index contributed by atoms with van der Waals surface area (Å²) in [6, 6.07) is 22.2. The Kier molecular flexibility index (Phi) is 5.09. The molecule has 2 aromatic heterocycles.